The van der Waals surface area contributed by atoms with Crippen molar-refractivity contribution in [2.75, 3.05) is 5.73 Å². The van der Waals surface area contributed by atoms with Crippen molar-refractivity contribution in [3.05, 3.63) is 11.4 Å². The van der Waals surface area contributed by atoms with E-state index in [4.69, 9.17) is 5.73 Å². The number of nitrogens with one attached hydrogen (secondary N) is 2. The van der Waals surface area contributed by atoms with E-state index < -0.39 is 0 Å². The zero-order valence-corrected chi connectivity index (χ0v) is 11.0. The summed E-state index contributed by atoms with van der Waals surface area (Å²) in [4.78, 5) is 11.9. The lowest BCUT2D eigenvalue weighted by atomic mass is 10.0. The fourth-order valence-corrected chi connectivity index (χ4v) is 1.73. The average Bonchev–Trinajstić information content (AvgIpc) is 2.59. The number of amides is 1. The molecular formula is C12H22N4O. The van der Waals surface area contributed by atoms with Crippen molar-refractivity contribution in [3.8, 4) is 0 Å². The zero-order valence-electron chi connectivity index (χ0n) is 11.0. The maximum atomic E-state index is 11.9. The van der Waals surface area contributed by atoms with Crippen molar-refractivity contribution in [2.24, 2.45) is 5.92 Å². The van der Waals surface area contributed by atoms with Crippen LogP contribution in [0.15, 0.2) is 0 Å². The molecule has 0 fully saturated rings. The molecule has 96 valence electrons. The molecule has 5 nitrogen and oxygen atoms in total. The van der Waals surface area contributed by atoms with Crippen molar-refractivity contribution >= 4 is 11.6 Å². The second kappa shape index (κ2) is 5.70. The van der Waals surface area contributed by atoms with Crippen LogP contribution in [0, 0.1) is 12.8 Å². The molecule has 1 rings (SSSR count). The van der Waals surface area contributed by atoms with E-state index in [9.17, 15) is 4.79 Å². The fraction of sp³-hybridized carbons (Fsp3) is 0.667. The summed E-state index contributed by atoms with van der Waals surface area (Å²) in [5.41, 5.74) is 7.20. The van der Waals surface area contributed by atoms with E-state index in [0.29, 0.717) is 17.3 Å². The number of nitrogens with two attached hydrogens (primary N) is 1. The lowest BCUT2D eigenvalue weighted by molar-refractivity contribution is 0.0931. The van der Waals surface area contributed by atoms with Gasteiger partial charge in [0.2, 0.25) is 0 Å². The number of anilines is 1. The first-order chi connectivity index (χ1) is 7.95. The van der Waals surface area contributed by atoms with Gasteiger partial charge in [0.05, 0.1) is 11.4 Å². The number of H-pyrrole nitrogens is 1. The average molecular weight is 238 g/mol. The predicted octanol–water partition coefficient (Wildman–Crippen LogP) is 1.85. The molecule has 0 saturated carbocycles. The summed E-state index contributed by atoms with van der Waals surface area (Å²) in [6.07, 6.45) is 2.08. The molecule has 0 bridgehead atoms. The summed E-state index contributed by atoms with van der Waals surface area (Å²) in [6, 6.07) is 0.133. The van der Waals surface area contributed by atoms with Gasteiger partial charge in [-0.25, -0.2) is 0 Å². The molecule has 0 saturated heterocycles. The molecule has 17 heavy (non-hydrogen) atoms. The Labute approximate surface area is 102 Å². The highest BCUT2D eigenvalue weighted by atomic mass is 16.2. The monoisotopic (exact) mass is 238 g/mol. The van der Waals surface area contributed by atoms with Crippen molar-refractivity contribution in [2.45, 2.75) is 46.6 Å². The van der Waals surface area contributed by atoms with Crippen LogP contribution >= 0.6 is 0 Å². The fourth-order valence-electron chi connectivity index (χ4n) is 1.73. The number of nitrogens with zero attached hydrogens (tertiary/aromatic N) is 1. The molecule has 2 unspecified atom stereocenters. The van der Waals surface area contributed by atoms with Gasteiger partial charge < -0.3 is 11.1 Å². The van der Waals surface area contributed by atoms with Crippen LogP contribution < -0.4 is 11.1 Å². The predicted molar refractivity (Wildman–Crippen MR) is 68.7 cm³/mol. The molecule has 4 N–H and O–H groups in total. The molecule has 1 amide bonds. The summed E-state index contributed by atoms with van der Waals surface area (Å²) >= 11 is 0. The molecule has 1 heterocycles. The number of carbonyl (C=O) groups is 1. The summed E-state index contributed by atoms with van der Waals surface area (Å²) in [5, 5.41) is 9.53. The Morgan fingerprint density at radius 3 is 2.65 bits per heavy atom. The molecule has 0 aromatic carbocycles. The lowest BCUT2D eigenvalue weighted by Crippen LogP contribution is -2.34. The van der Waals surface area contributed by atoms with Crippen molar-refractivity contribution < 1.29 is 4.79 Å². The Hall–Kier alpha value is -1.52. The second-order valence-corrected chi connectivity index (χ2v) is 4.73. The molecule has 0 aliphatic carbocycles. The van der Waals surface area contributed by atoms with E-state index in [1.807, 2.05) is 6.92 Å². The number of hydrogen-bond donors (Lipinski definition) is 3. The third-order valence-corrected chi connectivity index (χ3v) is 3.04. The number of aromatic amines is 1. The van der Waals surface area contributed by atoms with E-state index in [-0.39, 0.29) is 11.9 Å². The number of aryl methyl sites for hydroxylation is 1. The molecular weight excluding hydrogens is 216 g/mol. The van der Waals surface area contributed by atoms with Gasteiger partial charge in [-0.05, 0) is 26.2 Å². The highest BCUT2D eigenvalue weighted by Gasteiger charge is 2.17. The first kappa shape index (κ1) is 13.5. The molecule has 0 aliphatic heterocycles. The van der Waals surface area contributed by atoms with Gasteiger partial charge in [0.25, 0.3) is 5.91 Å². The van der Waals surface area contributed by atoms with Crippen LogP contribution in [-0.2, 0) is 0 Å². The standard InChI is InChI=1S/C12H22N4O/c1-5-7(2)6-8(3)14-12(17)11-10(13)9(4)15-16-11/h7-8H,5-6,13H2,1-4H3,(H,14,17)(H,15,16). The molecule has 2 atom stereocenters. The normalized spacial score (nSPS) is 14.4. The Bertz CT molecular complexity index is 386. The SMILES string of the molecule is CCC(C)CC(C)NC(=O)c1n[nH]c(C)c1N. The van der Waals surface area contributed by atoms with Crippen LogP contribution in [0.3, 0.4) is 0 Å². The molecule has 1 aromatic heterocycles. The number of aromatic nitrogens is 2. The van der Waals surface area contributed by atoms with E-state index in [0.717, 1.165) is 18.5 Å². The molecule has 1 aromatic rings. The molecule has 0 aliphatic rings. The second-order valence-electron chi connectivity index (χ2n) is 4.73. The van der Waals surface area contributed by atoms with Crippen LogP contribution in [0.4, 0.5) is 5.69 Å². The Morgan fingerprint density at radius 1 is 1.53 bits per heavy atom. The molecule has 0 radical (unpaired) electrons. The summed E-state index contributed by atoms with van der Waals surface area (Å²) in [7, 11) is 0. The third kappa shape index (κ3) is 3.47. The van der Waals surface area contributed by atoms with Gasteiger partial charge in [-0.15, -0.1) is 0 Å². The van der Waals surface area contributed by atoms with Crippen LogP contribution in [0.1, 0.15) is 49.8 Å². The number of rotatable bonds is 5. The van der Waals surface area contributed by atoms with Gasteiger partial charge in [-0.3, -0.25) is 9.89 Å². The van der Waals surface area contributed by atoms with Crippen molar-refractivity contribution in [1.29, 1.82) is 0 Å². The maximum absolute atomic E-state index is 11.9. The zero-order chi connectivity index (χ0) is 13.0. The smallest absolute Gasteiger partial charge is 0.274 e. The van der Waals surface area contributed by atoms with Gasteiger partial charge in [-0.2, -0.15) is 5.10 Å². The van der Waals surface area contributed by atoms with E-state index in [1.165, 1.54) is 0 Å². The summed E-state index contributed by atoms with van der Waals surface area (Å²) in [6.45, 7) is 8.12. The minimum absolute atomic E-state index is 0.133. The van der Waals surface area contributed by atoms with Gasteiger partial charge in [0.1, 0.15) is 0 Å². The van der Waals surface area contributed by atoms with Crippen LogP contribution in [-0.4, -0.2) is 22.1 Å². The topological polar surface area (TPSA) is 83.8 Å². The minimum Gasteiger partial charge on any atom is -0.395 e. The largest absolute Gasteiger partial charge is 0.395 e. The van der Waals surface area contributed by atoms with Gasteiger partial charge >= 0.3 is 0 Å². The van der Waals surface area contributed by atoms with Gasteiger partial charge in [0.15, 0.2) is 5.69 Å². The van der Waals surface area contributed by atoms with E-state index >= 15 is 0 Å². The number of hydrogen-bond acceptors (Lipinski definition) is 3. The first-order valence-corrected chi connectivity index (χ1v) is 6.07. The van der Waals surface area contributed by atoms with Crippen LogP contribution in [0.2, 0.25) is 0 Å². The van der Waals surface area contributed by atoms with Crippen molar-refractivity contribution in [3.63, 3.8) is 0 Å². The summed E-state index contributed by atoms with van der Waals surface area (Å²) in [5.74, 6) is 0.395. The molecule has 5 heteroatoms. The minimum atomic E-state index is -0.206. The Kier molecular flexibility index (Phi) is 4.54. The van der Waals surface area contributed by atoms with E-state index in [1.54, 1.807) is 6.92 Å². The third-order valence-electron chi connectivity index (χ3n) is 3.04. The lowest BCUT2D eigenvalue weighted by Gasteiger charge is -2.16. The highest BCUT2D eigenvalue weighted by molar-refractivity contribution is 5.97. The first-order valence-electron chi connectivity index (χ1n) is 6.07. The molecule has 0 spiro atoms. The Morgan fingerprint density at radius 2 is 2.18 bits per heavy atom. The van der Waals surface area contributed by atoms with E-state index in [2.05, 4.69) is 29.4 Å². The quantitative estimate of drug-likeness (QED) is 0.732. The van der Waals surface area contributed by atoms with Crippen LogP contribution in [0.25, 0.3) is 0 Å². The highest BCUT2D eigenvalue weighted by Crippen LogP contribution is 2.14. The number of nitrogen functional groups attached to an aromatic ring is 1. The van der Waals surface area contributed by atoms with Crippen LogP contribution in [0.5, 0.6) is 0 Å². The number of carbonyl (C=O) groups excluding carboxylic acids is 1. The summed E-state index contributed by atoms with van der Waals surface area (Å²) < 4.78 is 0. The maximum Gasteiger partial charge on any atom is 0.274 e. The van der Waals surface area contributed by atoms with Crippen molar-refractivity contribution in [1.82, 2.24) is 15.5 Å². The van der Waals surface area contributed by atoms with Gasteiger partial charge in [0, 0.05) is 6.04 Å². The Balaban J connectivity index is 2.58. The van der Waals surface area contributed by atoms with Gasteiger partial charge in [-0.1, -0.05) is 20.3 Å².